The molecule has 1 saturated carbocycles. The van der Waals surface area contributed by atoms with Crippen molar-refractivity contribution in [3.8, 4) is 0 Å². The fourth-order valence-electron chi connectivity index (χ4n) is 0.977. The van der Waals surface area contributed by atoms with E-state index in [2.05, 4.69) is 4.74 Å². The van der Waals surface area contributed by atoms with E-state index < -0.39 is 0 Å². The van der Waals surface area contributed by atoms with Crippen LogP contribution in [-0.4, -0.2) is 19.1 Å². The van der Waals surface area contributed by atoms with Crippen LogP contribution in [0.1, 0.15) is 12.8 Å². The minimum absolute atomic E-state index is 0.0194. The van der Waals surface area contributed by atoms with Gasteiger partial charge >= 0.3 is 5.97 Å². The summed E-state index contributed by atoms with van der Waals surface area (Å²) in [6, 6.07) is -0.0194. The lowest BCUT2D eigenvalue weighted by atomic mass is 9.81. The number of rotatable bonds is 1. The number of hydrogen-bond donors (Lipinski definition) is 0. The minimum atomic E-state index is -0.154. The van der Waals surface area contributed by atoms with Crippen molar-refractivity contribution in [3.05, 3.63) is 0 Å². The molecule has 0 unspecified atom stereocenters. The van der Waals surface area contributed by atoms with Crippen LogP contribution in [-0.2, 0) is 9.53 Å². The maximum Gasteiger partial charge on any atom is 0.308 e. The first-order valence-electron chi connectivity index (χ1n) is 3.03. The Morgan fingerprint density at radius 2 is 2.22 bits per heavy atom. The molecule has 0 saturated heterocycles. The highest BCUT2D eigenvalue weighted by atomic mass is 16.5. The molecule has 1 radical (unpaired) electrons. The Hall–Kier alpha value is -0.570. The summed E-state index contributed by atoms with van der Waals surface area (Å²) in [6.45, 7) is 0. The maximum atomic E-state index is 10.6. The second-order valence-electron chi connectivity index (χ2n) is 2.39. The van der Waals surface area contributed by atoms with Crippen molar-refractivity contribution in [2.75, 3.05) is 7.11 Å². The topological polar surface area (TPSA) is 50.1 Å². The molecule has 1 rings (SSSR count). The largest absolute Gasteiger partial charge is 0.469 e. The number of carbonyl (C=O) groups excluding carboxylic acids is 1. The molecule has 0 aliphatic heterocycles. The van der Waals surface area contributed by atoms with E-state index >= 15 is 0 Å². The van der Waals surface area contributed by atoms with Crippen LogP contribution >= 0.6 is 0 Å². The number of methoxy groups -OCH3 is 1. The Labute approximate surface area is 54.2 Å². The third-order valence-electron chi connectivity index (χ3n) is 1.67. The zero-order valence-electron chi connectivity index (χ0n) is 5.39. The van der Waals surface area contributed by atoms with E-state index in [1.165, 1.54) is 7.11 Å². The van der Waals surface area contributed by atoms with Gasteiger partial charge in [-0.1, -0.05) is 0 Å². The summed E-state index contributed by atoms with van der Waals surface area (Å²) in [5.74, 6) is -0.129. The first kappa shape index (κ1) is 6.55. The van der Waals surface area contributed by atoms with E-state index in [0.717, 1.165) is 0 Å². The van der Waals surface area contributed by atoms with Crippen LogP contribution in [0, 0.1) is 5.92 Å². The third-order valence-corrected chi connectivity index (χ3v) is 1.67. The molecule has 0 heterocycles. The lowest BCUT2D eigenvalue weighted by molar-refractivity contribution is -0.148. The van der Waals surface area contributed by atoms with E-state index in [1.54, 1.807) is 0 Å². The van der Waals surface area contributed by atoms with E-state index in [9.17, 15) is 4.79 Å². The van der Waals surface area contributed by atoms with Gasteiger partial charge in [0.1, 0.15) is 0 Å². The fraction of sp³-hybridized carbons (Fsp3) is 0.833. The van der Waals surface area contributed by atoms with Crippen molar-refractivity contribution >= 4 is 5.97 Å². The van der Waals surface area contributed by atoms with Crippen molar-refractivity contribution in [2.24, 2.45) is 5.92 Å². The van der Waals surface area contributed by atoms with E-state index in [4.69, 9.17) is 5.73 Å². The van der Waals surface area contributed by atoms with Crippen LogP contribution in [0.5, 0.6) is 0 Å². The SMILES string of the molecule is COC(=O)C1CC([NH])C1. The van der Waals surface area contributed by atoms with Gasteiger partial charge < -0.3 is 4.74 Å². The van der Waals surface area contributed by atoms with Gasteiger partial charge in [-0.3, -0.25) is 10.5 Å². The predicted molar refractivity (Wildman–Crippen MR) is 31.6 cm³/mol. The van der Waals surface area contributed by atoms with Gasteiger partial charge in [-0.2, -0.15) is 0 Å². The Morgan fingerprint density at radius 1 is 1.67 bits per heavy atom. The molecule has 3 nitrogen and oxygen atoms in total. The van der Waals surface area contributed by atoms with Crippen LogP contribution in [0.3, 0.4) is 0 Å². The highest BCUT2D eigenvalue weighted by Crippen LogP contribution is 2.27. The standard InChI is InChI=1S/C6H10NO2/c1-9-6(8)4-2-5(7)3-4/h4-5,7H,2-3H2,1H3. The number of nitrogens with one attached hydrogen (secondary N) is 1. The molecule has 0 atom stereocenters. The molecule has 51 valence electrons. The highest BCUT2D eigenvalue weighted by molar-refractivity contribution is 5.73. The van der Waals surface area contributed by atoms with E-state index in [0.29, 0.717) is 12.8 Å². The number of esters is 1. The summed E-state index contributed by atoms with van der Waals surface area (Å²) < 4.78 is 4.48. The molecule has 0 aromatic rings. The second-order valence-corrected chi connectivity index (χ2v) is 2.39. The molecular formula is C6H10NO2. The van der Waals surface area contributed by atoms with Crippen molar-refractivity contribution in [2.45, 2.75) is 18.9 Å². The Bertz CT molecular complexity index is 118. The molecule has 1 aliphatic rings. The average molecular weight is 128 g/mol. The van der Waals surface area contributed by atoms with Gasteiger partial charge in [0.15, 0.2) is 0 Å². The minimum Gasteiger partial charge on any atom is -0.469 e. The van der Waals surface area contributed by atoms with Crippen LogP contribution in [0.15, 0.2) is 0 Å². The first-order chi connectivity index (χ1) is 4.24. The zero-order chi connectivity index (χ0) is 6.85. The van der Waals surface area contributed by atoms with Gasteiger partial charge in [0, 0.05) is 6.04 Å². The molecular weight excluding hydrogens is 118 g/mol. The molecule has 0 aromatic heterocycles. The molecule has 1 aliphatic carbocycles. The van der Waals surface area contributed by atoms with E-state index in [1.807, 2.05) is 0 Å². The summed E-state index contributed by atoms with van der Waals surface area (Å²) >= 11 is 0. The normalized spacial score (nSPS) is 33.1. The van der Waals surface area contributed by atoms with Gasteiger partial charge in [0.05, 0.1) is 13.0 Å². The van der Waals surface area contributed by atoms with Gasteiger partial charge in [-0.05, 0) is 12.8 Å². The van der Waals surface area contributed by atoms with Crippen molar-refractivity contribution < 1.29 is 9.53 Å². The smallest absolute Gasteiger partial charge is 0.308 e. The Morgan fingerprint density at radius 3 is 2.56 bits per heavy atom. The van der Waals surface area contributed by atoms with Crippen molar-refractivity contribution in [3.63, 3.8) is 0 Å². The zero-order valence-corrected chi connectivity index (χ0v) is 5.39. The number of ether oxygens (including phenoxy) is 1. The predicted octanol–water partition coefficient (Wildman–Crippen LogP) is 0.221. The van der Waals surface area contributed by atoms with Crippen molar-refractivity contribution in [1.82, 2.24) is 5.73 Å². The number of hydrogen-bond acceptors (Lipinski definition) is 2. The van der Waals surface area contributed by atoms with Gasteiger partial charge in [-0.25, -0.2) is 0 Å². The molecule has 0 spiro atoms. The molecule has 0 amide bonds. The van der Waals surface area contributed by atoms with Crippen LogP contribution < -0.4 is 5.73 Å². The Kier molecular flexibility index (Phi) is 1.71. The summed E-state index contributed by atoms with van der Waals surface area (Å²) in [5.41, 5.74) is 7.10. The molecule has 3 heteroatoms. The lowest BCUT2D eigenvalue weighted by Crippen LogP contribution is -2.35. The molecule has 1 fully saturated rings. The van der Waals surface area contributed by atoms with Crippen LogP contribution in [0.2, 0.25) is 0 Å². The summed E-state index contributed by atoms with van der Waals surface area (Å²) in [7, 11) is 1.39. The number of carbonyl (C=O) groups is 1. The second kappa shape index (κ2) is 2.35. The fourth-order valence-corrected chi connectivity index (χ4v) is 0.977. The monoisotopic (exact) mass is 128 g/mol. The molecule has 9 heavy (non-hydrogen) atoms. The van der Waals surface area contributed by atoms with Gasteiger partial charge in [-0.15, -0.1) is 0 Å². The maximum absolute atomic E-state index is 10.6. The molecule has 1 N–H and O–H groups in total. The summed E-state index contributed by atoms with van der Waals surface area (Å²) in [5, 5.41) is 0. The highest BCUT2D eigenvalue weighted by Gasteiger charge is 2.32. The van der Waals surface area contributed by atoms with E-state index in [-0.39, 0.29) is 17.9 Å². The van der Waals surface area contributed by atoms with Crippen LogP contribution in [0.25, 0.3) is 0 Å². The summed E-state index contributed by atoms with van der Waals surface area (Å²) in [4.78, 5) is 10.6. The first-order valence-corrected chi connectivity index (χ1v) is 3.03. The lowest BCUT2D eigenvalue weighted by Gasteiger charge is -2.28. The van der Waals surface area contributed by atoms with Gasteiger partial charge in [0.25, 0.3) is 0 Å². The van der Waals surface area contributed by atoms with Gasteiger partial charge in [0.2, 0.25) is 0 Å². The molecule has 0 bridgehead atoms. The average Bonchev–Trinajstić information content (AvgIpc) is 1.79. The van der Waals surface area contributed by atoms with Crippen LogP contribution in [0.4, 0.5) is 0 Å². The molecule has 0 aromatic carbocycles. The third kappa shape index (κ3) is 1.21. The van der Waals surface area contributed by atoms with Crippen molar-refractivity contribution in [1.29, 1.82) is 0 Å². The Balaban J connectivity index is 2.23. The summed E-state index contributed by atoms with van der Waals surface area (Å²) in [6.07, 6.45) is 1.37. The quantitative estimate of drug-likeness (QED) is 0.474.